The van der Waals surface area contributed by atoms with E-state index in [1.54, 1.807) is 12.3 Å². The summed E-state index contributed by atoms with van der Waals surface area (Å²) in [6.07, 6.45) is 1.65. The molecule has 0 unspecified atom stereocenters. The number of sulfonamides is 1. The number of nitrogens with zero attached hydrogens (tertiary/aromatic N) is 2. The molecule has 1 aromatic rings. The molecule has 1 aliphatic heterocycles. The number of hydrogen-bond donors (Lipinski definition) is 2. The lowest BCUT2D eigenvalue weighted by atomic mass is 10.4. The van der Waals surface area contributed by atoms with Gasteiger partial charge in [0.1, 0.15) is 0 Å². The SMILES string of the molecule is CCn1cc(S(=O)(=O)NCCN2CCSCC2)cc1CN. The Hall–Kier alpha value is -0.540. The van der Waals surface area contributed by atoms with E-state index in [-0.39, 0.29) is 0 Å². The van der Waals surface area contributed by atoms with Crippen LogP contribution in [0.4, 0.5) is 0 Å². The molecule has 8 heteroatoms. The molecule has 0 radical (unpaired) electrons. The molecule has 21 heavy (non-hydrogen) atoms. The topological polar surface area (TPSA) is 80.4 Å². The predicted molar refractivity (Wildman–Crippen MR) is 87.0 cm³/mol. The van der Waals surface area contributed by atoms with Crippen molar-refractivity contribution >= 4 is 21.8 Å². The molecule has 2 rings (SSSR count). The van der Waals surface area contributed by atoms with Gasteiger partial charge in [0, 0.05) is 62.7 Å². The van der Waals surface area contributed by atoms with E-state index in [2.05, 4.69) is 9.62 Å². The first-order valence-electron chi connectivity index (χ1n) is 7.25. The Labute approximate surface area is 131 Å². The van der Waals surface area contributed by atoms with Crippen molar-refractivity contribution < 1.29 is 8.42 Å². The fourth-order valence-corrected chi connectivity index (χ4v) is 4.45. The third-order valence-corrected chi connectivity index (χ3v) is 6.02. The van der Waals surface area contributed by atoms with Crippen LogP contribution in [0, 0.1) is 0 Å². The monoisotopic (exact) mass is 332 g/mol. The van der Waals surface area contributed by atoms with Crippen molar-refractivity contribution in [2.75, 3.05) is 37.7 Å². The third kappa shape index (κ3) is 4.46. The van der Waals surface area contributed by atoms with E-state index in [4.69, 9.17) is 5.73 Å². The molecule has 0 atom stereocenters. The number of nitrogens with two attached hydrogens (primary N) is 1. The van der Waals surface area contributed by atoms with Gasteiger partial charge in [0.2, 0.25) is 10.0 Å². The average Bonchev–Trinajstić information content (AvgIpc) is 2.92. The van der Waals surface area contributed by atoms with Crippen molar-refractivity contribution in [2.24, 2.45) is 5.73 Å². The van der Waals surface area contributed by atoms with Crippen LogP contribution in [-0.2, 0) is 23.1 Å². The summed E-state index contributed by atoms with van der Waals surface area (Å²) >= 11 is 1.95. The Kier molecular flexibility index (Phi) is 6.12. The first-order valence-corrected chi connectivity index (χ1v) is 9.89. The zero-order valence-electron chi connectivity index (χ0n) is 12.4. The molecule has 1 fully saturated rings. The molecule has 3 N–H and O–H groups in total. The first-order chi connectivity index (χ1) is 10.1. The number of aryl methyl sites for hydroxylation is 1. The predicted octanol–water partition coefficient (Wildman–Crippen LogP) is 0.294. The molecule has 2 heterocycles. The van der Waals surface area contributed by atoms with Crippen LogP contribution in [0.5, 0.6) is 0 Å². The molecule has 1 saturated heterocycles. The van der Waals surface area contributed by atoms with E-state index in [1.165, 1.54) is 0 Å². The van der Waals surface area contributed by atoms with Gasteiger partial charge in [-0.15, -0.1) is 0 Å². The van der Waals surface area contributed by atoms with E-state index in [0.29, 0.717) is 24.5 Å². The van der Waals surface area contributed by atoms with Gasteiger partial charge >= 0.3 is 0 Å². The van der Waals surface area contributed by atoms with E-state index < -0.39 is 10.0 Å². The molecule has 120 valence electrons. The maximum Gasteiger partial charge on any atom is 0.242 e. The molecule has 0 saturated carbocycles. The minimum Gasteiger partial charge on any atom is -0.349 e. The summed E-state index contributed by atoms with van der Waals surface area (Å²) in [5, 5.41) is 0. The van der Waals surface area contributed by atoms with E-state index in [9.17, 15) is 8.42 Å². The van der Waals surface area contributed by atoms with Crippen LogP contribution >= 0.6 is 11.8 Å². The normalized spacial score (nSPS) is 17.2. The van der Waals surface area contributed by atoms with Crippen LogP contribution in [0.15, 0.2) is 17.2 Å². The number of nitrogens with one attached hydrogen (secondary N) is 1. The molecule has 1 aliphatic rings. The summed E-state index contributed by atoms with van der Waals surface area (Å²) in [7, 11) is -3.44. The largest absolute Gasteiger partial charge is 0.349 e. The van der Waals surface area contributed by atoms with Crippen LogP contribution in [0.2, 0.25) is 0 Å². The van der Waals surface area contributed by atoms with Crippen LogP contribution in [0.3, 0.4) is 0 Å². The molecule has 0 aromatic carbocycles. The second-order valence-corrected chi connectivity index (χ2v) is 8.00. The third-order valence-electron chi connectivity index (χ3n) is 3.64. The summed E-state index contributed by atoms with van der Waals surface area (Å²) in [6.45, 7) is 6.31. The van der Waals surface area contributed by atoms with Gasteiger partial charge in [0.15, 0.2) is 0 Å². The molecule has 0 aliphatic carbocycles. The maximum atomic E-state index is 12.3. The second kappa shape index (κ2) is 7.64. The van der Waals surface area contributed by atoms with Crippen molar-refractivity contribution in [1.29, 1.82) is 0 Å². The minimum atomic E-state index is -3.44. The van der Waals surface area contributed by atoms with Crippen LogP contribution in [0.25, 0.3) is 0 Å². The van der Waals surface area contributed by atoms with Gasteiger partial charge < -0.3 is 15.2 Å². The van der Waals surface area contributed by atoms with Gasteiger partial charge in [-0.25, -0.2) is 13.1 Å². The Morgan fingerprint density at radius 2 is 2.10 bits per heavy atom. The van der Waals surface area contributed by atoms with Crippen LogP contribution < -0.4 is 10.5 Å². The fourth-order valence-electron chi connectivity index (χ4n) is 2.38. The lowest BCUT2D eigenvalue weighted by Crippen LogP contribution is -2.39. The average molecular weight is 332 g/mol. The summed E-state index contributed by atoms with van der Waals surface area (Å²) in [6, 6.07) is 1.66. The molecule has 0 bridgehead atoms. The standard InChI is InChI=1S/C13H24N4O2S2/c1-2-17-11-13(9-12(17)10-14)21(18,19)15-3-4-16-5-7-20-8-6-16/h9,11,15H,2-8,10,14H2,1H3. The summed E-state index contributed by atoms with van der Waals surface area (Å²) in [5.74, 6) is 2.26. The number of aromatic nitrogens is 1. The van der Waals surface area contributed by atoms with Gasteiger partial charge in [-0.05, 0) is 13.0 Å². The Morgan fingerprint density at radius 1 is 1.38 bits per heavy atom. The zero-order valence-corrected chi connectivity index (χ0v) is 14.0. The smallest absolute Gasteiger partial charge is 0.242 e. The zero-order chi connectivity index (χ0) is 15.3. The van der Waals surface area contributed by atoms with Crippen molar-refractivity contribution in [1.82, 2.24) is 14.2 Å². The molecular weight excluding hydrogens is 308 g/mol. The first kappa shape index (κ1) is 16.8. The van der Waals surface area contributed by atoms with Crippen molar-refractivity contribution in [3.8, 4) is 0 Å². The van der Waals surface area contributed by atoms with Crippen LogP contribution in [0.1, 0.15) is 12.6 Å². The van der Waals surface area contributed by atoms with Gasteiger partial charge in [-0.1, -0.05) is 0 Å². The highest BCUT2D eigenvalue weighted by atomic mass is 32.2. The Bertz CT molecular complexity index is 529. The van der Waals surface area contributed by atoms with E-state index >= 15 is 0 Å². The van der Waals surface area contributed by atoms with Gasteiger partial charge in [0.25, 0.3) is 0 Å². The Balaban J connectivity index is 1.93. The van der Waals surface area contributed by atoms with Crippen molar-refractivity contribution in [2.45, 2.75) is 24.9 Å². The summed E-state index contributed by atoms with van der Waals surface area (Å²) < 4.78 is 29.1. The van der Waals surface area contributed by atoms with Gasteiger partial charge in [-0.2, -0.15) is 11.8 Å². The molecule has 0 spiro atoms. The summed E-state index contributed by atoms with van der Waals surface area (Å²) in [4.78, 5) is 2.60. The summed E-state index contributed by atoms with van der Waals surface area (Å²) in [5.41, 5.74) is 6.47. The highest BCUT2D eigenvalue weighted by molar-refractivity contribution is 7.99. The maximum absolute atomic E-state index is 12.3. The van der Waals surface area contributed by atoms with Crippen molar-refractivity contribution in [3.05, 3.63) is 18.0 Å². The minimum absolute atomic E-state index is 0.305. The fraction of sp³-hybridized carbons (Fsp3) is 0.692. The molecule has 1 aromatic heterocycles. The quantitative estimate of drug-likeness (QED) is 0.750. The second-order valence-electron chi connectivity index (χ2n) is 5.01. The van der Waals surface area contributed by atoms with E-state index in [0.717, 1.165) is 36.8 Å². The highest BCUT2D eigenvalue weighted by Gasteiger charge is 2.18. The van der Waals surface area contributed by atoms with Crippen LogP contribution in [-0.4, -0.2) is 55.6 Å². The van der Waals surface area contributed by atoms with Gasteiger partial charge in [-0.3, -0.25) is 0 Å². The lowest BCUT2D eigenvalue weighted by molar-refractivity contribution is 0.307. The number of hydrogen-bond acceptors (Lipinski definition) is 5. The highest BCUT2D eigenvalue weighted by Crippen LogP contribution is 2.14. The number of rotatable bonds is 7. The van der Waals surface area contributed by atoms with E-state index in [1.807, 2.05) is 23.3 Å². The molecule has 6 nitrogen and oxygen atoms in total. The molecule has 0 amide bonds. The Morgan fingerprint density at radius 3 is 2.67 bits per heavy atom. The van der Waals surface area contributed by atoms with Crippen molar-refractivity contribution in [3.63, 3.8) is 0 Å². The lowest BCUT2D eigenvalue weighted by Gasteiger charge is -2.25. The van der Waals surface area contributed by atoms with Gasteiger partial charge in [0.05, 0.1) is 4.90 Å². The number of thioether (sulfide) groups is 1. The molecular formula is C13H24N4O2S2.